The minimum absolute atomic E-state index is 0. The van der Waals surface area contributed by atoms with Crippen LogP contribution < -0.4 is 56.5 Å². The standard InChI is InChI=1S/C8H17O.K/c1-3-5-7-8(9)6-4-2;/h8H,3-7H2,1-2H3;/q-1;+1. The van der Waals surface area contributed by atoms with Crippen LogP contribution in [0.3, 0.4) is 0 Å². The van der Waals surface area contributed by atoms with E-state index >= 15 is 0 Å². The molecule has 0 aliphatic heterocycles. The van der Waals surface area contributed by atoms with Gasteiger partial charge in [0.1, 0.15) is 0 Å². The molecule has 0 bridgehead atoms. The van der Waals surface area contributed by atoms with Gasteiger partial charge in [-0.15, -0.1) is 6.10 Å². The van der Waals surface area contributed by atoms with Crippen LogP contribution in [-0.4, -0.2) is 6.10 Å². The molecule has 0 aromatic carbocycles. The first-order valence-electron chi connectivity index (χ1n) is 3.97. The van der Waals surface area contributed by atoms with Crippen LogP contribution in [0.2, 0.25) is 0 Å². The molecule has 0 saturated carbocycles. The maximum Gasteiger partial charge on any atom is 1.00 e. The molecule has 10 heavy (non-hydrogen) atoms. The summed E-state index contributed by atoms with van der Waals surface area (Å²) in [5.74, 6) is 0. The van der Waals surface area contributed by atoms with Crippen molar-refractivity contribution in [1.29, 1.82) is 0 Å². The summed E-state index contributed by atoms with van der Waals surface area (Å²) >= 11 is 0. The predicted octanol–water partition coefficient (Wildman–Crippen LogP) is -1.29. The fourth-order valence-electron chi connectivity index (χ4n) is 0.898. The summed E-state index contributed by atoms with van der Waals surface area (Å²) in [7, 11) is 0. The summed E-state index contributed by atoms with van der Waals surface area (Å²) < 4.78 is 0. The molecule has 0 fully saturated rings. The number of rotatable bonds is 5. The van der Waals surface area contributed by atoms with Gasteiger partial charge in [0.2, 0.25) is 0 Å². The Morgan fingerprint density at radius 2 is 1.70 bits per heavy atom. The fraction of sp³-hybridized carbons (Fsp3) is 1.00. The van der Waals surface area contributed by atoms with E-state index in [1.165, 1.54) is 0 Å². The van der Waals surface area contributed by atoms with E-state index in [1.807, 2.05) is 0 Å². The van der Waals surface area contributed by atoms with Crippen LogP contribution in [0.5, 0.6) is 0 Å². The van der Waals surface area contributed by atoms with Crippen molar-refractivity contribution in [2.45, 2.75) is 52.1 Å². The molecule has 0 amide bonds. The Balaban J connectivity index is 0. The van der Waals surface area contributed by atoms with Gasteiger partial charge >= 0.3 is 51.4 Å². The van der Waals surface area contributed by atoms with Crippen molar-refractivity contribution in [3.05, 3.63) is 0 Å². The van der Waals surface area contributed by atoms with E-state index in [-0.39, 0.29) is 57.5 Å². The molecule has 0 aliphatic carbocycles. The zero-order valence-corrected chi connectivity index (χ0v) is 10.6. The first-order chi connectivity index (χ1) is 4.31. The second-order valence-electron chi connectivity index (χ2n) is 2.55. The van der Waals surface area contributed by atoms with Crippen molar-refractivity contribution in [3.8, 4) is 0 Å². The van der Waals surface area contributed by atoms with Crippen LogP contribution in [0.1, 0.15) is 46.0 Å². The summed E-state index contributed by atoms with van der Waals surface area (Å²) in [6.07, 6.45) is 4.76. The minimum atomic E-state index is -0.282. The summed E-state index contributed by atoms with van der Waals surface area (Å²) in [4.78, 5) is 0. The number of unbranched alkanes of at least 4 members (excludes halogenated alkanes) is 1. The van der Waals surface area contributed by atoms with Crippen LogP contribution >= 0.6 is 0 Å². The Bertz CT molecular complexity index is 57.2. The number of hydrogen-bond acceptors (Lipinski definition) is 1. The summed E-state index contributed by atoms with van der Waals surface area (Å²) in [5, 5.41) is 10.9. The maximum absolute atomic E-state index is 10.9. The molecule has 0 radical (unpaired) electrons. The molecule has 0 saturated heterocycles. The Hall–Kier alpha value is 1.60. The summed E-state index contributed by atoms with van der Waals surface area (Å²) in [6, 6.07) is 0. The number of hydrogen-bond donors (Lipinski definition) is 0. The monoisotopic (exact) mass is 168 g/mol. The van der Waals surface area contributed by atoms with Crippen molar-refractivity contribution in [2.24, 2.45) is 0 Å². The quantitative estimate of drug-likeness (QED) is 0.469. The van der Waals surface area contributed by atoms with Crippen molar-refractivity contribution >= 4 is 0 Å². The average molecular weight is 168 g/mol. The topological polar surface area (TPSA) is 23.1 Å². The third-order valence-corrected chi connectivity index (χ3v) is 1.49. The molecule has 1 nitrogen and oxygen atoms in total. The molecule has 56 valence electrons. The Labute approximate surface area is 107 Å². The molecule has 1 unspecified atom stereocenters. The second-order valence-corrected chi connectivity index (χ2v) is 2.55. The van der Waals surface area contributed by atoms with Crippen LogP contribution in [0.4, 0.5) is 0 Å². The third-order valence-electron chi connectivity index (χ3n) is 1.49. The first-order valence-corrected chi connectivity index (χ1v) is 3.97. The van der Waals surface area contributed by atoms with E-state index < -0.39 is 0 Å². The van der Waals surface area contributed by atoms with Gasteiger partial charge < -0.3 is 5.11 Å². The van der Waals surface area contributed by atoms with Gasteiger partial charge in [-0.25, -0.2) is 0 Å². The molecular weight excluding hydrogens is 151 g/mol. The first kappa shape index (κ1) is 14.1. The smallest absolute Gasteiger partial charge is 0.852 e. The third kappa shape index (κ3) is 9.60. The van der Waals surface area contributed by atoms with Gasteiger partial charge in [0.15, 0.2) is 0 Å². The molecule has 0 heterocycles. The van der Waals surface area contributed by atoms with E-state index in [0.29, 0.717) is 0 Å². The van der Waals surface area contributed by atoms with Crippen molar-refractivity contribution < 1.29 is 56.5 Å². The largest absolute Gasteiger partial charge is 1.00 e. The second kappa shape index (κ2) is 10.6. The normalized spacial score (nSPS) is 12.3. The fourth-order valence-corrected chi connectivity index (χ4v) is 0.898. The molecule has 0 spiro atoms. The zero-order chi connectivity index (χ0) is 7.11. The van der Waals surface area contributed by atoms with Crippen LogP contribution in [0.25, 0.3) is 0 Å². The molecule has 2 heteroatoms. The molecular formula is C8H17KO. The van der Waals surface area contributed by atoms with Crippen LogP contribution in [0.15, 0.2) is 0 Å². The molecule has 0 aromatic rings. The molecule has 0 aromatic heterocycles. The Morgan fingerprint density at radius 1 is 1.10 bits per heavy atom. The van der Waals surface area contributed by atoms with Gasteiger partial charge in [-0.05, 0) is 0 Å². The van der Waals surface area contributed by atoms with Crippen molar-refractivity contribution in [2.75, 3.05) is 0 Å². The van der Waals surface area contributed by atoms with Gasteiger partial charge in [-0.2, -0.15) is 0 Å². The van der Waals surface area contributed by atoms with E-state index in [2.05, 4.69) is 13.8 Å². The molecule has 1 atom stereocenters. The van der Waals surface area contributed by atoms with Gasteiger partial charge in [0.05, 0.1) is 0 Å². The van der Waals surface area contributed by atoms with Crippen molar-refractivity contribution in [3.63, 3.8) is 0 Å². The van der Waals surface area contributed by atoms with E-state index in [9.17, 15) is 5.11 Å². The summed E-state index contributed by atoms with van der Waals surface area (Å²) in [6.45, 7) is 4.19. The SMILES string of the molecule is CCCCC([O-])CCC.[K+]. The van der Waals surface area contributed by atoms with E-state index in [0.717, 1.165) is 32.1 Å². The van der Waals surface area contributed by atoms with Crippen LogP contribution in [-0.2, 0) is 0 Å². The van der Waals surface area contributed by atoms with Crippen LogP contribution in [0, 0.1) is 0 Å². The maximum atomic E-state index is 10.9. The zero-order valence-electron chi connectivity index (χ0n) is 7.52. The van der Waals surface area contributed by atoms with Gasteiger partial charge in [-0.1, -0.05) is 46.0 Å². The summed E-state index contributed by atoms with van der Waals surface area (Å²) in [5.41, 5.74) is 0. The minimum Gasteiger partial charge on any atom is -0.852 e. The predicted molar refractivity (Wildman–Crippen MR) is 38.2 cm³/mol. The Kier molecular flexibility index (Phi) is 15.0. The average Bonchev–Trinajstić information content (AvgIpc) is 1.85. The van der Waals surface area contributed by atoms with Gasteiger partial charge in [0, 0.05) is 0 Å². The van der Waals surface area contributed by atoms with Crippen molar-refractivity contribution in [1.82, 2.24) is 0 Å². The van der Waals surface area contributed by atoms with Gasteiger partial charge in [-0.3, -0.25) is 0 Å². The molecule has 0 aliphatic rings. The Morgan fingerprint density at radius 3 is 2.10 bits per heavy atom. The van der Waals surface area contributed by atoms with E-state index in [1.54, 1.807) is 0 Å². The van der Waals surface area contributed by atoms with E-state index in [4.69, 9.17) is 0 Å². The molecule has 0 N–H and O–H groups in total. The molecule has 0 rings (SSSR count). The van der Waals surface area contributed by atoms with Gasteiger partial charge in [0.25, 0.3) is 0 Å².